The molecule has 0 spiro atoms. The maximum atomic E-state index is 10.3. The van der Waals surface area contributed by atoms with Crippen molar-refractivity contribution in [2.24, 2.45) is 5.18 Å². The summed E-state index contributed by atoms with van der Waals surface area (Å²) >= 11 is 1.74. The largest absolute Gasteiger partial charge is 0.150 e. The van der Waals surface area contributed by atoms with Gasteiger partial charge in [-0.1, -0.05) is 53.7 Å². The summed E-state index contributed by atoms with van der Waals surface area (Å²) < 4.78 is 0. The predicted molar refractivity (Wildman–Crippen MR) is 71.9 cm³/mol. The molecule has 86 valence electrons. The standard InChI is InChI=1S/C14H13NOS/c16-15-10-13-8-4-5-9-14(13)17-11-12-6-2-1-3-7-12/h1-9H,10-11H2. The molecule has 0 bridgehead atoms. The van der Waals surface area contributed by atoms with Crippen LogP contribution in [0.2, 0.25) is 0 Å². The zero-order valence-electron chi connectivity index (χ0n) is 9.37. The fraction of sp³-hybridized carbons (Fsp3) is 0.143. The number of rotatable bonds is 5. The molecule has 0 heterocycles. The molecule has 2 aromatic rings. The van der Waals surface area contributed by atoms with E-state index in [0.29, 0.717) is 0 Å². The molecule has 3 heteroatoms. The van der Waals surface area contributed by atoms with Crippen LogP contribution >= 0.6 is 11.8 Å². The van der Waals surface area contributed by atoms with E-state index in [-0.39, 0.29) is 6.54 Å². The Kier molecular flexibility index (Phi) is 4.33. The van der Waals surface area contributed by atoms with Crippen LogP contribution in [0.25, 0.3) is 0 Å². The Morgan fingerprint density at radius 1 is 0.941 bits per heavy atom. The van der Waals surface area contributed by atoms with E-state index in [0.717, 1.165) is 16.2 Å². The molecule has 0 amide bonds. The quantitative estimate of drug-likeness (QED) is 0.580. The first-order chi connectivity index (χ1) is 8.40. The van der Waals surface area contributed by atoms with Crippen LogP contribution in [0.15, 0.2) is 64.7 Å². The van der Waals surface area contributed by atoms with Gasteiger partial charge < -0.3 is 0 Å². The third kappa shape index (κ3) is 3.43. The first-order valence-corrected chi connectivity index (χ1v) is 6.42. The molecule has 0 aliphatic carbocycles. The highest BCUT2D eigenvalue weighted by atomic mass is 32.2. The molecule has 0 aromatic heterocycles. The number of benzene rings is 2. The SMILES string of the molecule is O=NCc1ccccc1SCc1ccccc1. The van der Waals surface area contributed by atoms with Crippen LogP contribution < -0.4 is 0 Å². The van der Waals surface area contributed by atoms with Gasteiger partial charge in [-0.25, -0.2) is 0 Å². The Hall–Kier alpha value is -1.61. The summed E-state index contributed by atoms with van der Waals surface area (Å²) in [5, 5.41) is 2.96. The minimum Gasteiger partial charge on any atom is -0.150 e. The first kappa shape index (κ1) is 11.9. The van der Waals surface area contributed by atoms with Crippen LogP contribution in [-0.4, -0.2) is 0 Å². The molecule has 0 aliphatic heterocycles. The number of nitrogens with zero attached hydrogens (tertiary/aromatic N) is 1. The van der Waals surface area contributed by atoms with Crippen molar-refractivity contribution in [2.45, 2.75) is 17.2 Å². The first-order valence-electron chi connectivity index (χ1n) is 5.44. The van der Waals surface area contributed by atoms with Crippen LogP contribution in [0.5, 0.6) is 0 Å². The van der Waals surface area contributed by atoms with Gasteiger partial charge in [-0.15, -0.1) is 11.8 Å². The molecule has 0 atom stereocenters. The second kappa shape index (κ2) is 6.21. The normalized spacial score (nSPS) is 10.1. The van der Waals surface area contributed by atoms with E-state index in [4.69, 9.17) is 0 Å². The van der Waals surface area contributed by atoms with Crippen molar-refractivity contribution >= 4 is 11.8 Å². The summed E-state index contributed by atoms with van der Waals surface area (Å²) in [5.74, 6) is 0.913. The Bertz CT molecular complexity index is 485. The maximum absolute atomic E-state index is 10.3. The number of hydrogen-bond acceptors (Lipinski definition) is 3. The Balaban J connectivity index is 2.06. The highest BCUT2D eigenvalue weighted by Crippen LogP contribution is 2.26. The average molecular weight is 243 g/mol. The summed E-state index contributed by atoms with van der Waals surface area (Å²) in [6.07, 6.45) is 0. The molecule has 0 saturated heterocycles. The summed E-state index contributed by atoms with van der Waals surface area (Å²) in [6, 6.07) is 18.2. The molecule has 0 N–H and O–H groups in total. The Morgan fingerprint density at radius 3 is 2.41 bits per heavy atom. The van der Waals surface area contributed by atoms with Crippen molar-refractivity contribution in [3.8, 4) is 0 Å². The molecule has 0 unspecified atom stereocenters. The van der Waals surface area contributed by atoms with Gasteiger partial charge in [-0.05, 0) is 17.2 Å². The lowest BCUT2D eigenvalue weighted by atomic mass is 10.2. The van der Waals surface area contributed by atoms with Crippen LogP contribution in [0.4, 0.5) is 0 Å². The van der Waals surface area contributed by atoms with Crippen molar-refractivity contribution in [3.63, 3.8) is 0 Å². The van der Waals surface area contributed by atoms with Crippen LogP contribution in [0, 0.1) is 4.91 Å². The molecular formula is C14H13NOS. The molecule has 0 fully saturated rings. The molecular weight excluding hydrogens is 230 g/mol. The molecule has 0 aliphatic rings. The second-order valence-corrected chi connectivity index (χ2v) is 4.69. The highest BCUT2D eigenvalue weighted by Gasteiger charge is 2.02. The van der Waals surface area contributed by atoms with E-state index < -0.39 is 0 Å². The van der Waals surface area contributed by atoms with Gasteiger partial charge in [0, 0.05) is 10.6 Å². The Labute approximate surface area is 105 Å². The summed E-state index contributed by atoms with van der Waals surface area (Å²) in [5.41, 5.74) is 2.29. The maximum Gasteiger partial charge on any atom is 0.107 e. The lowest BCUT2D eigenvalue weighted by molar-refractivity contribution is 1.01. The molecule has 2 nitrogen and oxygen atoms in total. The third-order valence-electron chi connectivity index (χ3n) is 2.44. The second-order valence-electron chi connectivity index (χ2n) is 3.67. The predicted octanol–water partition coefficient (Wildman–Crippen LogP) is 4.25. The van der Waals surface area contributed by atoms with Crippen LogP contribution in [0.3, 0.4) is 0 Å². The molecule has 17 heavy (non-hydrogen) atoms. The monoisotopic (exact) mass is 243 g/mol. The number of nitroso groups, excluding NO2 is 1. The lowest BCUT2D eigenvalue weighted by Gasteiger charge is -2.06. The van der Waals surface area contributed by atoms with Gasteiger partial charge in [0.1, 0.15) is 6.54 Å². The summed E-state index contributed by atoms with van der Waals surface area (Å²) in [6.45, 7) is 0.248. The van der Waals surface area contributed by atoms with E-state index >= 15 is 0 Å². The average Bonchev–Trinajstić information content (AvgIpc) is 2.39. The van der Waals surface area contributed by atoms with Crippen molar-refractivity contribution in [2.75, 3.05) is 0 Å². The van der Waals surface area contributed by atoms with Gasteiger partial charge in [0.2, 0.25) is 0 Å². The fourth-order valence-electron chi connectivity index (χ4n) is 1.58. The smallest absolute Gasteiger partial charge is 0.107 e. The minimum atomic E-state index is 0.248. The summed E-state index contributed by atoms with van der Waals surface area (Å²) in [4.78, 5) is 11.5. The third-order valence-corrected chi connectivity index (χ3v) is 3.63. The van der Waals surface area contributed by atoms with Crippen LogP contribution in [-0.2, 0) is 12.3 Å². The van der Waals surface area contributed by atoms with Gasteiger partial charge in [0.05, 0.1) is 0 Å². The van der Waals surface area contributed by atoms with Gasteiger partial charge in [-0.3, -0.25) is 0 Å². The van der Waals surface area contributed by atoms with E-state index in [1.165, 1.54) is 5.56 Å². The van der Waals surface area contributed by atoms with E-state index in [1.54, 1.807) is 11.8 Å². The Morgan fingerprint density at radius 2 is 1.65 bits per heavy atom. The van der Waals surface area contributed by atoms with Gasteiger partial charge in [0.15, 0.2) is 0 Å². The van der Waals surface area contributed by atoms with Gasteiger partial charge in [0.25, 0.3) is 0 Å². The van der Waals surface area contributed by atoms with Crippen LogP contribution in [0.1, 0.15) is 11.1 Å². The van der Waals surface area contributed by atoms with Crippen molar-refractivity contribution in [1.82, 2.24) is 0 Å². The summed E-state index contributed by atoms with van der Waals surface area (Å²) in [7, 11) is 0. The zero-order chi connectivity index (χ0) is 11.9. The highest BCUT2D eigenvalue weighted by molar-refractivity contribution is 7.98. The number of thioether (sulfide) groups is 1. The minimum absolute atomic E-state index is 0.248. The van der Waals surface area contributed by atoms with Crippen molar-refractivity contribution < 1.29 is 0 Å². The molecule has 0 saturated carbocycles. The topological polar surface area (TPSA) is 29.4 Å². The van der Waals surface area contributed by atoms with Crippen molar-refractivity contribution in [3.05, 3.63) is 70.6 Å². The van der Waals surface area contributed by atoms with E-state index in [2.05, 4.69) is 17.3 Å². The van der Waals surface area contributed by atoms with E-state index in [9.17, 15) is 4.91 Å². The van der Waals surface area contributed by atoms with Gasteiger partial charge in [-0.2, -0.15) is 4.91 Å². The lowest BCUT2D eigenvalue weighted by Crippen LogP contribution is -1.86. The molecule has 2 aromatic carbocycles. The van der Waals surface area contributed by atoms with Crippen molar-refractivity contribution in [1.29, 1.82) is 0 Å². The molecule has 0 radical (unpaired) electrons. The number of hydrogen-bond donors (Lipinski definition) is 0. The van der Waals surface area contributed by atoms with E-state index in [1.807, 2.05) is 42.5 Å². The fourth-order valence-corrected chi connectivity index (χ4v) is 2.59. The molecule has 2 rings (SSSR count). The zero-order valence-corrected chi connectivity index (χ0v) is 10.2. The van der Waals surface area contributed by atoms with Gasteiger partial charge >= 0.3 is 0 Å².